The van der Waals surface area contributed by atoms with Crippen LogP contribution in [0.4, 0.5) is 9.18 Å². The largest absolute Gasteiger partial charge is 0.510 e. The lowest BCUT2D eigenvalue weighted by molar-refractivity contribution is -0.0325. The van der Waals surface area contributed by atoms with Crippen molar-refractivity contribution in [2.75, 3.05) is 6.61 Å². The average Bonchev–Trinajstić information content (AvgIpc) is 2.05. The minimum Gasteiger partial charge on any atom is -0.434 e. The van der Waals surface area contributed by atoms with E-state index in [2.05, 4.69) is 9.47 Å². The van der Waals surface area contributed by atoms with Crippen molar-refractivity contribution < 1.29 is 18.7 Å². The van der Waals surface area contributed by atoms with Crippen molar-refractivity contribution in [2.24, 2.45) is 0 Å². The molecule has 1 unspecified atom stereocenters. The Balaban J connectivity index is 3.33. The van der Waals surface area contributed by atoms with Crippen LogP contribution in [-0.4, -0.2) is 19.1 Å². The Kier molecular flexibility index (Phi) is 6.42. The van der Waals surface area contributed by atoms with E-state index in [1.54, 1.807) is 6.92 Å². The van der Waals surface area contributed by atoms with Gasteiger partial charge in [-0.25, -0.2) is 9.18 Å². The van der Waals surface area contributed by atoms with Gasteiger partial charge < -0.3 is 9.47 Å². The molecule has 0 spiro atoms. The number of hydrogen-bond donors (Lipinski definition) is 0. The first-order valence-electron chi connectivity index (χ1n) is 4.18. The highest BCUT2D eigenvalue weighted by atomic mass is 19.1. The molecule has 0 aromatic heterocycles. The molecule has 0 fully saturated rings. The van der Waals surface area contributed by atoms with Crippen LogP contribution in [0.5, 0.6) is 0 Å². The normalized spacial score (nSPS) is 12.2. The first-order chi connectivity index (χ1) is 5.70. The Morgan fingerprint density at radius 3 is 2.67 bits per heavy atom. The molecule has 0 aromatic carbocycles. The Labute approximate surface area is 71.8 Å². The number of halogens is 1. The van der Waals surface area contributed by atoms with Gasteiger partial charge in [0.25, 0.3) is 0 Å². The van der Waals surface area contributed by atoms with Crippen LogP contribution in [0.1, 0.15) is 33.1 Å². The van der Waals surface area contributed by atoms with Gasteiger partial charge in [0.15, 0.2) is 0 Å². The summed E-state index contributed by atoms with van der Waals surface area (Å²) in [6, 6.07) is 0. The zero-order valence-corrected chi connectivity index (χ0v) is 7.51. The molecule has 0 aliphatic carbocycles. The summed E-state index contributed by atoms with van der Waals surface area (Å²) in [5.41, 5.74) is 0. The van der Waals surface area contributed by atoms with E-state index in [0.29, 0.717) is 6.61 Å². The van der Waals surface area contributed by atoms with Gasteiger partial charge in [-0.15, -0.1) is 0 Å². The summed E-state index contributed by atoms with van der Waals surface area (Å²) in [5.74, 6) is 0. The molecule has 0 aliphatic rings. The Bertz CT molecular complexity index is 127. The van der Waals surface area contributed by atoms with Gasteiger partial charge in [-0.1, -0.05) is 20.3 Å². The highest BCUT2D eigenvalue weighted by Gasteiger charge is 2.10. The lowest BCUT2D eigenvalue weighted by atomic mass is 10.4. The quantitative estimate of drug-likeness (QED) is 0.479. The van der Waals surface area contributed by atoms with Crippen LogP contribution < -0.4 is 0 Å². The van der Waals surface area contributed by atoms with Gasteiger partial charge in [0.05, 0.1) is 6.61 Å². The standard InChI is InChI=1S/C8H15FO3/c1-3-5-6-11-8(10)12-7(9)4-2/h7H,3-6H2,1-2H3. The predicted molar refractivity (Wildman–Crippen MR) is 42.5 cm³/mol. The van der Waals surface area contributed by atoms with Crippen LogP contribution in [0, 0.1) is 0 Å². The van der Waals surface area contributed by atoms with Crippen molar-refractivity contribution >= 4 is 6.16 Å². The maximum atomic E-state index is 12.4. The molecule has 12 heavy (non-hydrogen) atoms. The van der Waals surface area contributed by atoms with Gasteiger partial charge in [0.1, 0.15) is 0 Å². The molecule has 1 atom stereocenters. The summed E-state index contributed by atoms with van der Waals surface area (Å²) >= 11 is 0. The lowest BCUT2D eigenvalue weighted by Crippen LogP contribution is -2.14. The van der Waals surface area contributed by atoms with Crippen molar-refractivity contribution in [3.63, 3.8) is 0 Å². The number of rotatable bonds is 5. The number of unbranched alkanes of at least 4 members (excludes halogenated alkanes) is 1. The minimum atomic E-state index is -1.54. The third-order valence-corrected chi connectivity index (χ3v) is 1.26. The average molecular weight is 178 g/mol. The SMILES string of the molecule is CCCCOC(=O)OC(F)CC. The number of alkyl halides is 1. The maximum absolute atomic E-state index is 12.4. The first-order valence-corrected chi connectivity index (χ1v) is 4.18. The molecule has 3 nitrogen and oxygen atoms in total. The molecule has 0 bridgehead atoms. The van der Waals surface area contributed by atoms with E-state index >= 15 is 0 Å². The summed E-state index contributed by atoms with van der Waals surface area (Å²) in [7, 11) is 0. The van der Waals surface area contributed by atoms with Crippen LogP contribution in [-0.2, 0) is 9.47 Å². The van der Waals surface area contributed by atoms with Crippen molar-refractivity contribution in [3.05, 3.63) is 0 Å². The van der Waals surface area contributed by atoms with Gasteiger partial charge in [-0.3, -0.25) is 0 Å². The fraction of sp³-hybridized carbons (Fsp3) is 0.875. The molecular formula is C8H15FO3. The van der Waals surface area contributed by atoms with Crippen LogP contribution >= 0.6 is 0 Å². The first kappa shape index (κ1) is 11.2. The van der Waals surface area contributed by atoms with Crippen LogP contribution in [0.3, 0.4) is 0 Å². The molecule has 0 radical (unpaired) electrons. The fourth-order valence-electron chi connectivity index (χ4n) is 0.522. The lowest BCUT2D eigenvalue weighted by Gasteiger charge is -2.07. The molecule has 0 aromatic rings. The smallest absolute Gasteiger partial charge is 0.434 e. The molecular weight excluding hydrogens is 163 g/mol. The summed E-state index contributed by atoms with van der Waals surface area (Å²) in [5, 5.41) is 0. The molecule has 72 valence electrons. The van der Waals surface area contributed by atoms with Crippen molar-refractivity contribution in [1.82, 2.24) is 0 Å². The summed E-state index contributed by atoms with van der Waals surface area (Å²) in [6.07, 6.45) is -0.599. The summed E-state index contributed by atoms with van der Waals surface area (Å²) < 4.78 is 21.1. The molecule has 0 saturated heterocycles. The molecule has 0 N–H and O–H groups in total. The molecule has 0 amide bonds. The van der Waals surface area contributed by atoms with E-state index < -0.39 is 12.5 Å². The van der Waals surface area contributed by atoms with Gasteiger partial charge in [0.2, 0.25) is 6.36 Å². The Hall–Kier alpha value is -0.800. The second kappa shape index (κ2) is 6.88. The van der Waals surface area contributed by atoms with Gasteiger partial charge in [-0.2, -0.15) is 0 Å². The highest BCUT2D eigenvalue weighted by Crippen LogP contribution is 2.01. The van der Waals surface area contributed by atoms with Gasteiger partial charge in [-0.05, 0) is 6.42 Å². The van der Waals surface area contributed by atoms with E-state index in [1.807, 2.05) is 6.92 Å². The second-order valence-corrected chi connectivity index (χ2v) is 2.39. The number of ether oxygens (including phenoxy) is 2. The second-order valence-electron chi connectivity index (χ2n) is 2.39. The highest BCUT2D eigenvalue weighted by molar-refractivity contribution is 5.59. The van der Waals surface area contributed by atoms with Crippen LogP contribution in [0.15, 0.2) is 0 Å². The summed E-state index contributed by atoms with van der Waals surface area (Å²) in [4.78, 5) is 10.6. The fourth-order valence-corrected chi connectivity index (χ4v) is 0.522. The van der Waals surface area contributed by atoms with E-state index in [-0.39, 0.29) is 6.42 Å². The van der Waals surface area contributed by atoms with Crippen LogP contribution in [0.2, 0.25) is 0 Å². The topological polar surface area (TPSA) is 35.5 Å². The van der Waals surface area contributed by atoms with E-state index in [1.165, 1.54) is 0 Å². The third kappa shape index (κ3) is 5.95. The minimum absolute atomic E-state index is 0.156. The number of carbonyl (C=O) groups excluding carboxylic acids is 1. The molecule has 0 saturated carbocycles. The zero-order chi connectivity index (χ0) is 9.40. The van der Waals surface area contributed by atoms with Gasteiger partial charge >= 0.3 is 6.16 Å². The maximum Gasteiger partial charge on any atom is 0.510 e. The molecule has 0 aliphatic heterocycles. The Morgan fingerprint density at radius 1 is 1.50 bits per heavy atom. The number of hydrogen-bond acceptors (Lipinski definition) is 3. The van der Waals surface area contributed by atoms with Gasteiger partial charge in [0, 0.05) is 6.42 Å². The van der Waals surface area contributed by atoms with Crippen molar-refractivity contribution in [3.8, 4) is 0 Å². The predicted octanol–water partition coefficient (Wildman–Crippen LogP) is 2.65. The van der Waals surface area contributed by atoms with E-state index in [0.717, 1.165) is 12.8 Å². The van der Waals surface area contributed by atoms with E-state index in [9.17, 15) is 9.18 Å². The van der Waals surface area contributed by atoms with Crippen molar-refractivity contribution in [1.29, 1.82) is 0 Å². The number of carbonyl (C=O) groups is 1. The molecule has 0 heterocycles. The molecule has 0 rings (SSSR count). The zero-order valence-electron chi connectivity index (χ0n) is 7.51. The monoisotopic (exact) mass is 178 g/mol. The van der Waals surface area contributed by atoms with Crippen molar-refractivity contribution in [2.45, 2.75) is 39.5 Å². The van der Waals surface area contributed by atoms with Crippen LogP contribution in [0.25, 0.3) is 0 Å². The van der Waals surface area contributed by atoms with E-state index in [4.69, 9.17) is 0 Å². The third-order valence-electron chi connectivity index (χ3n) is 1.26. The Morgan fingerprint density at radius 2 is 2.17 bits per heavy atom. The summed E-state index contributed by atoms with van der Waals surface area (Å²) in [6.45, 7) is 3.86. The molecule has 4 heteroatoms.